The molecule has 1 aromatic heterocycles. The van der Waals surface area contributed by atoms with Crippen LogP contribution in [0.4, 0.5) is 5.88 Å². The van der Waals surface area contributed by atoms with Crippen LogP contribution in [0.5, 0.6) is 0 Å². The summed E-state index contributed by atoms with van der Waals surface area (Å²) in [5, 5.41) is 24.3. The zero-order chi connectivity index (χ0) is 18.2. The zero-order valence-electron chi connectivity index (χ0n) is 13.0. The maximum Gasteiger partial charge on any atom is 0.433 e. The van der Waals surface area contributed by atoms with Crippen LogP contribution in [0.1, 0.15) is 16.1 Å². The van der Waals surface area contributed by atoms with E-state index in [1.807, 2.05) is 0 Å². The number of hydrogen-bond donors (Lipinski definition) is 3. The highest BCUT2D eigenvalue weighted by atomic mass is 16.6. The van der Waals surface area contributed by atoms with Gasteiger partial charge in [-0.2, -0.15) is 0 Å². The molecule has 130 valence electrons. The summed E-state index contributed by atoms with van der Waals surface area (Å²) in [7, 11) is 0. The molecule has 0 bridgehead atoms. The van der Waals surface area contributed by atoms with E-state index < -0.39 is 22.6 Å². The molecule has 0 saturated heterocycles. The van der Waals surface area contributed by atoms with E-state index in [2.05, 4.69) is 10.6 Å². The highest BCUT2D eigenvalue weighted by Gasteiger charge is 2.17. The number of furan rings is 1. The lowest BCUT2D eigenvalue weighted by molar-refractivity contribution is -0.402. The van der Waals surface area contributed by atoms with Gasteiger partial charge in [0.2, 0.25) is 0 Å². The van der Waals surface area contributed by atoms with Gasteiger partial charge >= 0.3 is 5.88 Å². The Kier molecular flexibility index (Phi) is 6.02. The molecule has 0 aliphatic rings. The van der Waals surface area contributed by atoms with Gasteiger partial charge in [-0.05, 0) is 18.2 Å². The Hall–Kier alpha value is -3.46. The number of rotatable bonds is 7. The van der Waals surface area contributed by atoms with E-state index >= 15 is 0 Å². The summed E-state index contributed by atoms with van der Waals surface area (Å²) in [5.41, 5.74) is 0.153. The van der Waals surface area contributed by atoms with E-state index in [9.17, 15) is 19.7 Å². The summed E-state index contributed by atoms with van der Waals surface area (Å²) >= 11 is 0. The number of hydrogen-bond acceptors (Lipinski definition) is 6. The Labute approximate surface area is 142 Å². The van der Waals surface area contributed by atoms with Crippen LogP contribution in [-0.2, 0) is 4.79 Å². The smallest absolute Gasteiger partial charge is 0.401 e. The largest absolute Gasteiger partial charge is 0.433 e. The molecule has 9 heteroatoms. The van der Waals surface area contributed by atoms with Crippen LogP contribution in [-0.4, -0.2) is 35.0 Å². The van der Waals surface area contributed by atoms with Gasteiger partial charge in [0.15, 0.2) is 0 Å². The van der Waals surface area contributed by atoms with Gasteiger partial charge < -0.3 is 20.2 Å². The Morgan fingerprint density at radius 3 is 2.52 bits per heavy atom. The van der Waals surface area contributed by atoms with E-state index in [-0.39, 0.29) is 24.6 Å². The second-order valence-corrected chi connectivity index (χ2v) is 4.79. The number of carbonyl (C=O) groups is 2. The third kappa shape index (κ3) is 5.01. The average molecular weight is 345 g/mol. The number of aliphatic hydroxyl groups excluding tert-OH is 1. The third-order valence-corrected chi connectivity index (χ3v) is 3.01. The third-order valence-electron chi connectivity index (χ3n) is 3.01. The molecule has 2 rings (SSSR count). The van der Waals surface area contributed by atoms with Gasteiger partial charge in [-0.1, -0.05) is 18.2 Å². The van der Waals surface area contributed by atoms with E-state index in [4.69, 9.17) is 9.52 Å². The highest BCUT2D eigenvalue weighted by Crippen LogP contribution is 2.17. The second-order valence-electron chi connectivity index (χ2n) is 4.79. The number of nitrogens with zero attached hydrogens (tertiary/aromatic N) is 1. The fourth-order valence-electron chi connectivity index (χ4n) is 1.87. The number of nitrogens with one attached hydrogen (secondary N) is 2. The fraction of sp³-hybridized carbons (Fsp3) is 0.125. The molecule has 1 heterocycles. The molecule has 0 fully saturated rings. The average Bonchev–Trinajstić information content (AvgIpc) is 3.08. The molecule has 3 N–H and O–H groups in total. The van der Waals surface area contributed by atoms with Crippen LogP contribution in [0.2, 0.25) is 0 Å². The van der Waals surface area contributed by atoms with E-state index in [1.54, 1.807) is 30.3 Å². The van der Waals surface area contributed by atoms with Gasteiger partial charge in [0.05, 0.1) is 12.7 Å². The normalized spacial score (nSPS) is 11.0. The van der Waals surface area contributed by atoms with Gasteiger partial charge in [0, 0.05) is 18.2 Å². The van der Waals surface area contributed by atoms with Crippen molar-refractivity contribution in [3.8, 4) is 0 Å². The van der Waals surface area contributed by atoms with Gasteiger partial charge in [-0.15, -0.1) is 0 Å². The summed E-state index contributed by atoms with van der Waals surface area (Å²) in [6.45, 7) is -0.298. The first-order valence-corrected chi connectivity index (χ1v) is 7.22. The van der Waals surface area contributed by atoms with E-state index in [0.717, 1.165) is 6.07 Å². The van der Waals surface area contributed by atoms with Gasteiger partial charge in [0.25, 0.3) is 11.8 Å². The first-order chi connectivity index (χ1) is 12.0. The minimum atomic E-state index is -0.717. The zero-order valence-corrected chi connectivity index (χ0v) is 13.0. The van der Waals surface area contributed by atoms with E-state index in [1.165, 1.54) is 12.1 Å². The molecular formula is C16H15N3O6. The summed E-state index contributed by atoms with van der Waals surface area (Å²) in [6, 6.07) is 10.6. The quantitative estimate of drug-likeness (QED) is 0.390. The molecule has 2 aromatic rings. The molecule has 9 nitrogen and oxygen atoms in total. The number of carbonyl (C=O) groups excluding carboxylic acids is 2. The van der Waals surface area contributed by atoms with Crippen molar-refractivity contribution in [2.75, 3.05) is 13.2 Å². The van der Waals surface area contributed by atoms with Gasteiger partial charge in [0.1, 0.15) is 16.4 Å². The first-order valence-electron chi connectivity index (χ1n) is 7.22. The lowest BCUT2D eigenvalue weighted by Crippen LogP contribution is -2.36. The predicted octanol–water partition coefficient (Wildman–Crippen LogP) is 1.07. The number of benzene rings is 1. The van der Waals surface area contributed by atoms with Crippen molar-refractivity contribution in [3.63, 3.8) is 0 Å². The van der Waals surface area contributed by atoms with Crippen molar-refractivity contribution in [2.45, 2.75) is 0 Å². The van der Waals surface area contributed by atoms with Gasteiger partial charge in [-0.25, -0.2) is 0 Å². The van der Waals surface area contributed by atoms with Crippen molar-refractivity contribution < 1.29 is 24.0 Å². The molecule has 0 aliphatic heterocycles. The number of amides is 2. The molecule has 0 atom stereocenters. The molecular weight excluding hydrogens is 330 g/mol. The molecule has 1 aromatic carbocycles. The molecule has 2 amide bonds. The first kappa shape index (κ1) is 17.9. The Bertz CT molecular complexity index is 797. The monoisotopic (exact) mass is 345 g/mol. The molecule has 0 aliphatic carbocycles. The fourth-order valence-corrected chi connectivity index (χ4v) is 1.87. The molecule has 0 unspecified atom stereocenters. The summed E-state index contributed by atoms with van der Waals surface area (Å²) in [5.74, 6) is -1.67. The SMILES string of the molecule is O=C(NCCO)C(=Cc1ccc([N+](=O)[O-])o1)NC(=O)c1ccccc1. The van der Waals surface area contributed by atoms with Crippen LogP contribution in [0, 0.1) is 10.1 Å². The van der Waals surface area contributed by atoms with Crippen LogP contribution in [0.25, 0.3) is 6.08 Å². The van der Waals surface area contributed by atoms with E-state index in [0.29, 0.717) is 5.56 Å². The van der Waals surface area contributed by atoms with Crippen LogP contribution in [0.3, 0.4) is 0 Å². The maximum atomic E-state index is 12.2. The Morgan fingerprint density at radius 2 is 1.92 bits per heavy atom. The van der Waals surface area contributed by atoms with Crippen molar-refractivity contribution >= 4 is 23.8 Å². The predicted molar refractivity (Wildman–Crippen MR) is 87.3 cm³/mol. The summed E-state index contributed by atoms with van der Waals surface area (Å²) < 4.78 is 4.96. The van der Waals surface area contributed by atoms with Crippen LogP contribution >= 0.6 is 0 Å². The van der Waals surface area contributed by atoms with Crippen molar-refractivity contribution in [2.24, 2.45) is 0 Å². The Morgan fingerprint density at radius 1 is 1.20 bits per heavy atom. The van der Waals surface area contributed by atoms with Gasteiger partial charge in [-0.3, -0.25) is 19.7 Å². The maximum absolute atomic E-state index is 12.2. The lowest BCUT2D eigenvalue weighted by Gasteiger charge is -2.10. The highest BCUT2D eigenvalue weighted by molar-refractivity contribution is 6.05. The van der Waals surface area contributed by atoms with Crippen molar-refractivity contribution in [1.82, 2.24) is 10.6 Å². The molecule has 0 spiro atoms. The van der Waals surface area contributed by atoms with Crippen LogP contribution in [0.15, 0.2) is 52.6 Å². The lowest BCUT2D eigenvalue weighted by atomic mass is 10.2. The minimum absolute atomic E-state index is 0.0182. The minimum Gasteiger partial charge on any atom is -0.401 e. The molecule has 0 saturated carbocycles. The second kappa shape index (κ2) is 8.41. The number of nitro groups is 1. The molecule has 0 radical (unpaired) electrons. The standard InChI is InChI=1S/C16H15N3O6/c20-9-8-17-16(22)13(10-12-6-7-14(25-12)19(23)24)18-15(21)11-4-2-1-3-5-11/h1-7,10,20H,8-9H2,(H,17,22)(H,18,21). The summed E-state index contributed by atoms with van der Waals surface area (Å²) in [6.07, 6.45) is 1.17. The van der Waals surface area contributed by atoms with Crippen molar-refractivity contribution in [1.29, 1.82) is 0 Å². The summed E-state index contributed by atoms with van der Waals surface area (Å²) in [4.78, 5) is 34.3. The topological polar surface area (TPSA) is 135 Å². The van der Waals surface area contributed by atoms with Crippen molar-refractivity contribution in [3.05, 3.63) is 69.6 Å². The Balaban J connectivity index is 2.25. The number of aliphatic hydroxyl groups is 1. The molecule has 25 heavy (non-hydrogen) atoms. The van der Waals surface area contributed by atoms with Crippen LogP contribution < -0.4 is 10.6 Å².